The Labute approximate surface area is 111 Å². The minimum absolute atomic E-state index is 0.543. The van der Waals surface area contributed by atoms with Crippen LogP contribution in [0.2, 0.25) is 0 Å². The van der Waals surface area contributed by atoms with Gasteiger partial charge in [-0.15, -0.1) is 5.10 Å². The summed E-state index contributed by atoms with van der Waals surface area (Å²) in [5, 5.41) is 8.80. The predicted molar refractivity (Wildman–Crippen MR) is 76.9 cm³/mol. The SMILES string of the molecule is CCCN(CC)c1nnc(CC)c(CC)c1CN. The van der Waals surface area contributed by atoms with Gasteiger partial charge in [-0.3, -0.25) is 0 Å². The van der Waals surface area contributed by atoms with Gasteiger partial charge < -0.3 is 10.6 Å². The van der Waals surface area contributed by atoms with Crippen molar-refractivity contribution in [2.75, 3.05) is 18.0 Å². The Hall–Kier alpha value is -1.16. The van der Waals surface area contributed by atoms with Crippen molar-refractivity contribution in [3.05, 3.63) is 16.8 Å². The molecule has 0 bridgehead atoms. The van der Waals surface area contributed by atoms with E-state index in [0.29, 0.717) is 6.54 Å². The Kier molecular flexibility index (Phi) is 6.05. The van der Waals surface area contributed by atoms with Crippen molar-refractivity contribution in [3.63, 3.8) is 0 Å². The number of nitrogens with zero attached hydrogens (tertiary/aromatic N) is 3. The second kappa shape index (κ2) is 7.31. The molecule has 0 aliphatic rings. The second-order valence-corrected chi connectivity index (χ2v) is 4.42. The standard InChI is InChI=1S/C14H26N4/c1-5-9-18(8-4)14-12(10-15)11(6-2)13(7-3)16-17-14/h5-10,15H2,1-4H3. The third kappa shape index (κ3) is 2.99. The van der Waals surface area contributed by atoms with E-state index in [2.05, 4.69) is 42.8 Å². The number of rotatable bonds is 7. The molecule has 0 fully saturated rings. The molecular formula is C14H26N4. The van der Waals surface area contributed by atoms with Crippen LogP contribution in [0.1, 0.15) is 50.9 Å². The van der Waals surface area contributed by atoms with Crippen LogP contribution in [0.25, 0.3) is 0 Å². The molecule has 1 aromatic rings. The van der Waals surface area contributed by atoms with Crippen LogP contribution in [-0.4, -0.2) is 23.3 Å². The molecule has 0 amide bonds. The maximum absolute atomic E-state index is 5.94. The molecule has 18 heavy (non-hydrogen) atoms. The maximum atomic E-state index is 5.94. The van der Waals surface area contributed by atoms with Crippen LogP contribution >= 0.6 is 0 Å². The van der Waals surface area contributed by atoms with Gasteiger partial charge in [0, 0.05) is 25.2 Å². The smallest absolute Gasteiger partial charge is 0.156 e. The molecule has 0 aliphatic carbocycles. The van der Waals surface area contributed by atoms with Crippen molar-refractivity contribution < 1.29 is 0 Å². The first-order chi connectivity index (χ1) is 8.73. The van der Waals surface area contributed by atoms with Gasteiger partial charge in [-0.05, 0) is 31.7 Å². The lowest BCUT2D eigenvalue weighted by Crippen LogP contribution is -2.28. The molecular weight excluding hydrogens is 224 g/mol. The van der Waals surface area contributed by atoms with Crippen molar-refractivity contribution in [3.8, 4) is 0 Å². The Bertz CT molecular complexity index is 376. The molecule has 0 aliphatic heterocycles. The normalized spacial score (nSPS) is 10.7. The summed E-state index contributed by atoms with van der Waals surface area (Å²) < 4.78 is 0. The summed E-state index contributed by atoms with van der Waals surface area (Å²) >= 11 is 0. The number of hydrogen-bond donors (Lipinski definition) is 1. The molecule has 1 heterocycles. The van der Waals surface area contributed by atoms with Gasteiger partial charge in [-0.25, -0.2) is 0 Å². The minimum Gasteiger partial charge on any atom is -0.355 e. The topological polar surface area (TPSA) is 55.0 Å². The monoisotopic (exact) mass is 250 g/mol. The highest BCUT2D eigenvalue weighted by atomic mass is 15.3. The molecule has 4 heteroatoms. The van der Waals surface area contributed by atoms with Crippen LogP contribution in [0.4, 0.5) is 5.82 Å². The molecule has 0 atom stereocenters. The summed E-state index contributed by atoms with van der Waals surface area (Å²) in [6, 6.07) is 0. The van der Waals surface area contributed by atoms with Crippen molar-refractivity contribution in [1.82, 2.24) is 10.2 Å². The van der Waals surface area contributed by atoms with E-state index < -0.39 is 0 Å². The fourth-order valence-corrected chi connectivity index (χ4v) is 2.39. The van der Waals surface area contributed by atoms with Crippen LogP contribution in [0.5, 0.6) is 0 Å². The van der Waals surface area contributed by atoms with Gasteiger partial charge in [0.15, 0.2) is 5.82 Å². The molecule has 102 valence electrons. The quantitative estimate of drug-likeness (QED) is 0.806. The van der Waals surface area contributed by atoms with E-state index in [1.807, 2.05) is 0 Å². The Morgan fingerprint density at radius 3 is 2.17 bits per heavy atom. The Morgan fingerprint density at radius 2 is 1.72 bits per heavy atom. The van der Waals surface area contributed by atoms with Gasteiger partial charge in [0.2, 0.25) is 0 Å². The predicted octanol–water partition coefficient (Wildman–Crippen LogP) is 2.30. The summed E-state index contributed by atoms with van der Waals surface area (Å²) in [5.74, 6) is 0.982. The fraction of sp³-hybridized carbons (Fsp3) is 0.714. The third-order valence-electron chi connectivity index (χ3n) is 3.32. The fourth-order valence-electron chi connectivity index (χ4n) is 2.39. The first-order valence-corrected chi connectivity index (χ1v) is 7.05. The third-order valence-corrected chi connectivity index (χ3v) is 3.32. The molecule has 2 N–H and O–H groups in total. The molecule has 0 saturated carbocycles. The van der Waals surface area contributed by atoms with E-state index in [4.69, 9.17) is 5.73 Å². The van der Waals surface area contributed by atoms with E-state index in [0.717, 1.165) is 43.9 Å². The molecule has 1 aromatic heterocycles. The summed E-state index contributed by atoms with van der Waals surface area (Å²) in [4.78, 5) is 2.27. The van der Waals surface area contributed by atoms with Gasteiger partial charge in [0.25, 0.3) is 0 Å². The highest BCUT2D eigenvalue weighted by molar-refractivity contribution is 5.51. The van der Waals surface area contributed by atoms with Crippen molar-refractivity contribution in [1.29, 1.82) is 0 Å². The summed E-state index contributed by atoms with van der Waals surface area (Å²) in [5.41, 5.74) is 9.51. The molecule has 0 saturated heterocycles. The number of aryl methyl sites for hydroxylation is 1. The van der Waals surface area contributed by atoms with E-state index >= 15 is 0 Å². The first kappa shape index (κ1) is 14.9. The van der Waals surface area contributed by atoms with Gasteiger partial charge in [-0.2, -0.15) is 5.10 Å². The van der Waals surface area contributed by atoms with Gasteiger partial charge in [0.1, 0.15) is 0 Å². The lowest BCUT2D eigenvalue weighted by molar-refractivity contribution is 0.740. The van der Waals surface area contributed by atoms with Gasteiger partial charge >= 0.3 is 0 Å². The van der Waals surface area contributed by atoms with Crippen molar-refractivity contribution in [2.24, 2.45) is 5.73 Å². The Balaban J connectivity index is 3.26. The lowest BCUT2D eigenvalue weighted by atomic mass is 10.0. The van der Waals surface area contributed by atoms with Crippen LogP contribution in [0.3, 0.4) is 0 Å². The zero-order valence-electron chi connectivity index (χ0n) is 12.2. The second-order valence-electron chi connectivity index (χ2n) is 4.42. The summed E-state index contributed by atoms with van der Waals surface area (Å²) in [7, 11) is 0. The number of nitrogens with two attached hydrogens (primary N) is 1. The largest absolute Gasteiger partial charge is 0.355 e. The van der Waals surface area contributed by atoms with E-state index in [9.17, 15) is 0 Å². The zero-order valence-corrected chi connectivity index (χ0v) is 12.2. The van der Waals surface area contributed by atoms with Crippen LogP contribution in [0.15, 0.2) is 0 Å². The van der Waals surface area contributed by atoms with Crippen molar-refractivity contribution >= 4 is 5.82 Å². The molecule has 4 nitrogen and oxygen atoms in total. The zero-order chi connectivity index (χ0) is 13.5. The number of aromatic nitrogens is 2. The highest BCUT2D eigenvalue weighted by Crippen LogP contribution is 2.23. The molecule has 0 aromatic carbocycles. The molecule has 0 spiro atoms. The van der Waals surface area contributed by atoms with Gasteiger partial charge in [-0.1, -0.05) is 20.8 Å². The van der Waals surface area contributed by atoms with Crippen molar-refractivity contribution in [2.45, 2.75) is 53.5 Å². The molecule has 1 rings (SSSR count). The summed E-state index contributed by atoms with van der Waals surface area (Å²) in [6.45, 7) is 11.1. The average molecular weight is 250 g/mol. The average Bonchev–Trinajstić information content (AvgIpc) is 2.42. The van der Waals surface area contributed by atoms with Crippen LogP contribution in [-0.2, 0) is 19.4 Å². The summed E-state index contributed by atoms with van der Waals surface area (Å²) in [6.07, 6.45) is 3.00. The lowest BCUT2D eigenvalue weighted by Gasteiger charge is -2.25. The minimum atomic E-state index is 0.543. The van der Waals surface area contributed by atoms with Gasteiger partial charge in [0.05, 0.1) is 5.69 Å². The number of hydrogen-bond acceptors (Lipinski definition) is 4. The maximum Gasteiger partial charge on any atom is 0.156 e. The van der Waals surface area contributed by atoms with E-state index in [-0.39, 0.29) is 0 Å². The number of anilines is 1. The highest BCUT2D eigenvalue weighted by Gasteiger charge is 2.16. The first-order valence-electron chi connectivity index (χ1n) is 7.05. The molecule has 0 unspecified atom stereocenters. The van der Waals surface area contributed by atoms with Crippen LogP contribution < -0.4 is 10.6 Å². The van der Waals surface area contributed by atoms with E-state index in [1.54, 1.807) is 0 Å². The Morgan fingerprint density at radius 1 is 1.00 bits per heavy atom. The van der Waals surface area contributed by atoms with Crippen LogP contribution in [0, 0.1) is 0 Å². The molecule has 0 radical (unpaired) electrons. The van der Waals surface area contributed by atoms with E-state index in [1.165, 1.54) is 11.1 Å².